The molecular formula is C32H21F2N7O. The number of nitrogens with zero attached hydrogens (tertiary/aromatic N) is 4. The number of rotatable bonds is 6. The van der Waals surface area contributed by atoms with Gasteiger partial charge in [-0.3, -0.25) is 19.9 Å². The Hall–Kier alpha value is -5.77. The van der Waals surface area contributed by atoms with Crippen LogP contribution >= 0.6 is 0 Å². The molecule has 7 aromatic rings. The average molecular weight is 558 g/mol. The third-order valence-electron chi connectivity index (χ3n) is 6.93. The molecule has 8 nitrogen and oxygen atoms in total. The summed E-state index contributed by atoms with van der Waals surface area (Å²) >= 11 is 0. The quantitative estimate of drug-likeness (QED) is 0.211. The Bertz CT molecular complexity index is 2090. The lowest BCUT2D eigenvalue weighted by Crippen LogP contribution is -2.14. The highest BCUT2D eigenvalue weighted by Gasteiger charge is 2.18. The Morgan fingerprint density at radius 3 is 2.52 bits per heavy atom. The van der Waals surface area contributed by atoms with Gasteiger partial charge in [0.1, 0.15) is 22.8 Å². The summed E-state index contributed by atoms with van der Waals surface area (Å²) in [7, 11) is 0. The lowest BCUT2D eigenvalue weighted by atomic mass is 10.0. The van der Waals surface area contributed by atoms with Crippen LogP contribution in [0, 0.1) is 11.6 Å². The first-order valence-electron chi connectivity index (χ1n) is 13.1. The summed E-state index contributed by atoms with van der Waals surface area (Å²) in [4.78, 5) is 29.3. The SMILES string of the molecule is O=C(Cc1ccccc1)Nc1cncc(-c2cc3c(-c4nc5c(-c6ccc(F)cc6)nccc5[nH]4)n[nH]c3cc2F)c1. The standard InChI is InChI=1S/C32H21F2N7O/c33-21-8-6-19(7-9-21)29-31-26(10-11-36-29)38-32(39-31)30-24-14-23(25(34)15-27(24)40-41-30)20-13-22(17-35-16-20)37-28(42)12-18-4-2-1-3-5-18/h1-11,13-17H,12H2,(H,37,42)(H,38,39)(H,40,41). The summed E-state index contributed by atoms with van der Waals surface area (Å²) in [6.45, 7) is 0. The van der Waals surface area contributed by atoms with Crippen molar-refractivity contribution in [1.82, 2.24) is 30.1 Å². The third-order valence-corrected chi connectivity index (χ3v) is 6.93. The minimum Gasteiger partial charge on any atom is -0.336 e. The minimum absolute atomic E-state index is 0.201. The number of aromatic nitrogens is 6. The molecule has 0 aliphatic carbocycles. The molecule has 4 aromatic heterocycles. The van der Waals surface area contributed by atoms with Gasteiger partial charge in [-0.05, 0) is 48.0 Å². The minimum atomic E-state index is -0.473. The number of hydrogen-bond donors (Lipinski definition) is 3. The molecule has 1 amide bonds. The maximum atomic E-state index is 15.3. The van der Waals surface area contributed by atoms with Crippen molar-refractivity contribution in [3.8, 4) is 33.9 Å². The third kappa shape index (κ3) is 4.75. The van der Waals surface area contributed by atoms with Crippen molar-refractivity contribution >= 4 is 33.5 Å². The number of imidazole rings is 1. The summed E-state index contributed by atoms with van der Waals surface area (Å²) in [6.07, 6.45) is 4.92. The molecule has 42 heavy (non-hydrogen) atoms. The van der Waals surface area contributed by atoms with Gasteiger partial charge in [-0.15, -0.1) is 0 Å². The number of benzene rings is 3. The predicted molar refractivity (Wildman–Crippen MR) is 156 cm³/mol. The highest BCUT2D eigenvalue weighted by molar-refractivity contribution is 5.98. The van der Waals surface area contributed by atoms with Crippen LogP contribution in [0.2, 0.25) is 0 Å². The number of halogens is 2. The molecule has 0 spiro atoms. The fourth-order valence-electron chi connectivity index (χ4n) is 4.95. The second-order valence-electron chi connectivity index (χ2n) is 9.77. The summed E-state index contributed by atoms with van der Waals surface area (Å²) in [5.41, 5.74) is 5.75. The number of pyridine rings is 2. The van der Waals surface area contributed by atoms with Gasteiger partial charge < -0.3 is 10.3 Å². The summed E-state index contributed by atoms with van der Waals surface area (Å²) in [5.74, 6) is -0.549. The van der Waals surface area contributed by atoms with Crippen LogP contribution in [0.15, 0.2) is 97.5 Å². The average Bonchev–Trinajstić information content (AvgIpc) is 3.61. The molecule has 0 bridgehead atoms. The lowest BCUT2D eigenvalue weighted by molar-refractivity contribution is -0.115. The smallest absolute Gasteiger partial charge is 0.228 e. The highest BCUT2D eigenvalue weighted by atomic mass is 19.1. The Labute approximate surface area is 237 Å². The molecular weight excluding hydrogens is 536 g/mol. The summed E-state index contributed by atoms with van der Waals surface area (Å²) < 4.78 is 28.8. The second kappa shape index (κ2) is 10.3. The Balaban J connectivity index is 1.23. The molecule has 0 atom stereocenters. The van der Waals surface area contributed by atoms with E-state index in [1.165, 1.54) is 24.4 Å². The molecule has 0 aliphatic heterocycles. The molecule has 4 heterocycles. The van der Waals surface area contributed by atoms with Gasteiger partial charge >= 0.3 is 0 Å². The molecule has 3 N–H and O–H groups in total. The first kappa shape index (κ1) is 25.2. The topological polar surface area (TPSA) is 112 Å². The lowest BCUT2D eigenvalue weighted by Gasteiger charge is -2.08. The van der Waals surface area contributed by atoms with Gasteiger partial charge in [-0.2, -0.15) is 5.10 Å². The number of anilines is 1. The van der Waals surface area contributed by atoms with Crippen LogP contribution in [0.4, 0.5) is 14.5 Å². The zero-order valence-electron chi connectivity index (χ0n) is 21.9. The van der Waals surface area contributed by atoms with Crippen LogP contribution in [0.5, 0.6) is 0 Å². The fourth-order valence-corrected chi connectivity index (χ4v) is 4.95. The van der Waals surface area contributed by atoms with E-state index < -0.39 is 5.82 Å². The van der Waals surface area contributed by atoms with Gasteiger partial charge in [0.05, 0.1) is 35.0 Å². The second-order valence-corrected chi connectivity index (χ2v) is 9.77. The molecule has 204 valence electrons. The van der Waals surface area contributed by atoms with Gasteiger partial charge in [-0.1, -0.05) is 30.3 Å². The van der Waals surface area contributed by atoms with Crippen molar-refractivity contribution in [2.24, 2.45) is 0 Å². The van der Waals surface area contributed by atoms with Crippen LogP contribution in [0.1, 0.15) is 5.56 Å². The predicted octanol–water partition coefficient (Wildman–Crippen LogP) is 6.69. The Morgan fingerprint density at radius 2 is 1.69 bits per heavy atom. The molecule has 0 unspecified atom stereocenters. The Kier molecular flexibility index (Phi) is 6.20. The molecule has 0 radical (unpaired) electrons. The summed E-state index contributed by atoms with van der Waals surface area (Å²) in [5, 5.41) is 10.8. The van der Waals surface area contributed by atoms with Crippen molar-refractivity contribution in [3.63, 3.8) is 0 Å². The Morgan fingerprint density at radius 1 is 0.857 bits per heavy atom. The monoisotopic (exact) mass is 557 g/mol. The van der Waals surface area contributed by atoms with Crippen LogP contribution in [-0.2, 0) is 11.2 Å². The summed E-state index contributed by atoms with van der Waals surface area (Å²) in [6, 6.07) is 22.0. The molecule has 0 saturated heterocycles. The largest absolute Gasteiger partial charge is 0.336 e. The zero-order valence-corrected chi connectivity index (χ0v) is 21.9. The molecule has 0 aliphatic rings. The molecule has 7 rings (SSSR count). The van der Waals surface area contributed by atoms with Gasteiger partial charge in [-0.25, -0.2) is 13.8 Å². The number of nitrogens with one attached hydrogen (secondary N) is 3. The van der Waals surface area contributed by atoms with E-state index in [2.05, 4.69) is 30.5 Å². The number of fused-ring (bicyclic) bond motifs is 2. The molecule has 0 fully saturated rings. The maximum absolute atomic E-state index is 15.3. The van der Waals surface area contributed by atoms with E-state index in [0.717, 1.165) is 16.6 Å². The first-order chi connectivity index (χ1) is 20.5. The van der Waals surface area contributed by atoms with Gasteiger partial charge in [0.2, 0.25) is 5.91 Å². The molecule has 10 heteroatoms. The van der Waals surface area contributed by atoms with Crippen LogP contribution in [0.25, 0.3) is 55.8 Å². The van der Waals surface area contributed by atoms with Crippen molar-refractivity contribution in [1.29, 1.82) is 0 Å². The van der Waals surface area contributed by atoms with Crippen molar-refractivity contribution in [2.75, 3.05) is 5.32 Å². The molecule has 3 aromatic carbocycles. The van der Waals surface area contributed by atoms with E-state index in [-0.39, 0.29) is 18.1 Å². The van der Waals surface area contributed by atoms with E-state index in [0.29, 0.717) is 50.4 Å². The van der Waals surface area contributed by atoms with Crippen LogP contribution < -0.4 is 5.32 Å². The normalized spacial score (nSPS) is 11.3. The first-order valence-corrected chi connectivity index (χ1v) is 13.1. The van der Waals surface area contributed by atoms with E-state index in [1.807, 2.05) is 30.3 Å². The van der Waals surface area contributed by atoms with Crippen molar-refractivity contribution in [2.45, 2.75) is 6.42 Å². The van der Waals surface area contributed by atoms with E-state index in [4.69, 9.17) is 4.98 Å². The number of hydrogen-bond acceptors (Lipinski definition) is 5. The number of carbonyl (C=O) groups excluding carboxylic acids is 1. The number of H-pyrrole nitrogens is 2. The van der Waals surface area contributed by atoms with Gasteiger partial charge in [0.25, 0.3) is 0 Å². The maximum Gasteiger partial charge on any atom is 0.228 e. The van der Waals surface area contributed by atoms with Gasteiger partial charge in [0.15, 0.2) is 5.82 Å². The number of aromatic amines is 2. The highest BCUT2D eigenvalue weighted by Crippen LogP contribution is 2.34. The van der Waals surface area contributed by atoms with E-state index in [1.54, 1.807) is 42.7 Å². The van der Waals surface area contributed by atoms with Crippen LogP contribution in [0.3, 0.4) is 0 Å². The van der Waals surface area contributed by atoms with Crippen LogP contribution in [-0.4, -0.2) is 36.0 Å². The van der Waals surface area contributed by atoms with E-state index >= 15 is 4.39 Å². The fraction of sp³-hybridized carbons (Fsp3) is 0.0312. The molecule has 0 saturated carbocycles. The van der Waals surface area contributed by atoms with Crippen molar-refractivity contribution < 1.29 is 13.6 Å². The van der Waals surface area contributed by atoms with Crippen molar-refractivity contribution in [3.05, 3.63) is 115 Å². The zero-order chi connectivity index (χ0) is 28.6. The van der Waals surface area contributed by atoms with Gasteiger partial charge in [0, 0.05) is 40.5 Å². The number of carbonyl (C=O) groups is 1. The van der Waals surface area contributed by atoms with E-state index in [9.17, 15) is 9.18 Å². The number of amides is 1.